The van der Waals surface area contributed by atoms with Gasteiger partial charge < -0.3 is 0 Å². The second kappa shape index (κ2) is 4.99. The van der Waals surface area contributed by atoms with Gasteiger partial charge in [-0.2, -0.15) is 5.10 Å². The first-order valence-corrected chi connectivity index (χ1v) is 8.13. The monoisotopic (exact) mass is 273 g/mol. The van der Waals surface area contributed by atoms with Crippen molar-refractivity contribution in [1.29, 1.82) is 0 Å². The molecule has 108 valence electrons. The Morgan fingerprint density at radius 2 is 1.95 bits per heavy atom. The summed E-state index contributed by atoms with van der Waals surface area (Å²) in [6.45, 7) is 3.14. The highest BCUT2D eigenvalue weighted by Gasteiger charge is 2.34. The minimum atomic E-state index is 0.102. The topological polar surface area (TPSA) is 38.1 Å². The summed E-state index contributed by atoms with van der Waals surface area (Å²) < 4.78 is 1.72. The van der Waals surface area contributed by atoms with E-state index in [1.165, 1.54) is 31.2 Å². The van der Waals surface area contributed by atoms with Gasteiger partial charge >= 0.3 is 0 Å². The van der Waals surface area contributed by atoms with Crippen LogP contribution < -0.4 is 5.56 Å². The largest absolute Gasteiger partial charge is 0.300 e. The van der Waals surface area contributed by atoms with Gasteiger partial charge in [-0.25, -0.2) is 4.68 Å². The highest BCUT2D eigenvalue weighted by Crippen LogP contribution is 2.29. The molecule has 0 aromatic carbocycles. The van der Waals surface area contributed by atoms with Crippen LogP contribution in [0.25, 0.3) is 0 Å². The maximum absolute atomic E-state index is 12.1. The first kappa shape index (κ1) is 12.6. The van der Waals surface area contributed by atoms with Crippen LogP contribution in [0.1, 0.15) is 43.4 Å². The van der Waals surface area contributed by atoms with Crippen LogP contribution in [0.15, 0.2) is 10.9 Å². The van der Waals surface area contributed by atoms with Crippen LogP contribution in [0.4, 0.5) is 0 Å². The molecule has 4 nitrogen and oxygen atoms in total. The average molecular weight is 273 g/mol. The Morgan fingerprint density at radius 1 is 1.15 bits per heavy atom. The zero-order valence-corrected chi connectivity index (χ0v) is 12.1. The van der Waals surface area contributed by atoms with Gasteiger partial charge in [0.1, 0.15) is 0 Å². The summed E-state index contributed by atoms with van der Waals surface area (Å²) in [5.41, 5.74) is 2.45. The van der Waals surface area contributed by atoms with Gasteiger partial charge in [-0.15, -0.1) is 0 Å². The Labute approximate surface area is 119 Å². The molecule has 0 atom stereocenters. The first-order chi connectivity index (χ1) is 9.79. The number of aromatic nitrogens is 2. The van der Waals surface area contributed by atoms with Gasteiger partial charge in [-0.3, -0.25) is 9.69 Å². The highest BCUT2D eigenvalue weighted by molar-refractivity contribution is 5.22. The smallest absolute Gasteiger partial charge is 0.267 e. The van der Waals surface area contributed by atoms with Crippen LogP contribution >= 0.6 is 0 Å². The number of hydrogen-bond acceptors (Lipinski definition) is 3. The Kier molecular flexibility index (Phi) is 3.14. The predicted molar refractivity (Wildman–Crippen MR) is 77.8 cm³/mol. The number of nitrogens with zero attached hydrogens (tertiary/aromatic N) is 3. The van der Waals surface area contributed by atoms with E-state index in [1.54, 1.807) is 4.68 Å². The molecule has 0 amide bonds. The second-order valence-corrected chi connectivity index (χ2v) is 6.75. The Bertz CT molecular complexity index is 553. The van der Waals surface area contributed by atoms with Gasteiger partial charge in [0, 0.05) is 31.1 Å². The molecular formula is C16H23N3O. The van der Waals surface area contributed by atoms with Crippen molar-refractivity contribution in [2.24, 2.45) is 5.92 Å². The fraction of sp³-hybridized carbons (Fsp3) is 0.750. The lowest BCUT2D eigenvalue weighted by molar-refractivity contribution is 0.0429. The molecule has 2 heterocycles. The van der Waals surface area contributed by atoms with Crippen LogP contribution in [-0.4, -0.2) is 33.8 Å². The van der Waals surface area contributed by atoms with E-state index in [2.05, 4.69) is 10.00 Å². The summed E-state index contributed by atoms with van der Waals surface area (Å²) in [4.78, 5) is 14.7. The van der Waals surface area contributed by atoms with Gasteiger partial charge in [-0.1, -0.05) is 12.8 Å². The molecule has 1 aliphatic heterocycles. The van der Waals surface area contributed by atoms with E-state index in [1.807, 2.05) is 6.07 Å². The predicted octanol–water partition coefficient (Wildman–Crippen LogP) is 1.61. The second-order valence-electron chi connectivity index (χ2n) is 6.75. The van der Waals surface area contributed by atoms with E-state index < -0.39 is 0 Å². The van der Waals surface area contributed by atoms with Crippen molar-refractivity contribution in [2.75, 3.05) is 13.1 Å². The van der Waals surface area contributed by atoms with Gasteiger partial charge in [0.2, 0.25) is 0 Å². The maximum Gasteiger partial charge on any atom is 0.267 e. The SMILES string of the molecule is O=c1cc2c(nn1CC1CN(C3CCCC3)C1)CCC2. The summed E-state index contributed by atoms with van der Waals surface area (Å²) in [6, 6.07) is 2.65. The standard InChI is InChI=1S/C16H23N3O/c20-16-8-13-4-3-7-15(13)17-19(16)11-12-9-18(10-12)14-5-1-2-6-14/h8,12,14H,1-7,9-11H2. The van der Waals surface area contributed by atoms with Crippen molar-refractivity contribution in [3.8, 4) is 0 Å². The van der Waals surface area contributed by atoms with Crippen molar-refractivity contribution >= 4 is 0 Å². The third-order valence-corrected chi connectivity index (χ3v) is 5.28. The Balaban J connectivity index is 1.40. The highest BCUT2D eigenvalue weighted by atomic mass is 16.1. The molecule has 3 aliphatic rings. The van der Waals surface area contributed by atoms with Gasteiger partial charge in [0.15, 0.2) is 0 Å². The van der Waals surface area contributed by atoms with Crippen LogP contribution in [0.5, 0.6) is 0 Å². The lowest BCUT2D eigenvalue weighted by atomic mass is 9.97. The molecule has 0 spiro atoms. The molecule has 0 unspecified atom stereocenters. The number of hydrogen-bond donors (Lipinski definition) is 0. The first-order valence-electron chi connectivity index (χ1n) is 8.13. The third-order valence-electron chi connectivity index (χ3n) is 5.28. The molecule has 0 radical (unpaired) electrons. The van der Waals surface area contributed by atoms with Crippen molar-refractivity contribution in [3.63, 3.8) is 0 Å². The quantitative estimate of drug-likeness (QED) is 0.839. The van der Waals surface area contributed by atoms with Crippen molar-refractivity contribution in [1.82, 2.24) is 14.7 Å². The summed E-state index contributed by atoms with van der Waals surface area (Å²) in [7, 11) is 0. The number of aryl methyl sites for hydroxylation is 2. The van der Waals surface area contributed by atoms with Crippen molar-refractivity contribution < 1.29 is 0 Å². The average Bonchev–Trinajstić information content (AvgIpc) is 3.03. The molecule has 1 aromatic heterocycles. The molecule has 2 fully saturated rings. The van der Waals surface area contributed by atoms with Crippen LogP contribution in [0, 0.1) is 5.92 Å². The Morgan fingerprint density at radius 3 is 2.75 bits per heavy atom. The number of likely N-dealkylation sites (tertiary alicyclic amines) is 1. The molecule has 2 aliphatic carbocycles. The van der Waals surface area contributed by atoms with Gasteiger partial charge in [0.05, 0.1) is 12.2 Å². The minimum absolute atomic E-state index is 0.102. The lowest BCUT2D eigenvalue weighted by Gasteiger charge is -2.43. The zero-order valence-electron chi connectivity index (χ0n) is 12.1. The third kappa shape index (κ3) is 2.20. The zero-order chi connectivity index (χ0) is 13.5. The minimum Gasteiger partial charge on any atom is -0.300 e. The van der Waals surface area contributed by atoms with Gasteiger partial charge in [-0.05, 0) is 37.7 Å². The van der Waals surface area contributed by atoms with Crippen molar-refractivity contribution in [2.45, 2.75) is 57.5 Å². The van der Waals surface area contributed by atoms with Crippen LogP contribution in [-0.2, 0) is 19.4 Å². The molecule has 4 rings (SSSR count). The normalized spacial score (nSPS) is 24.0. The summed E-state index contributed by atoms with van der Waals surface area (Å²) >= 11 is 0. The number of rotatable bonds is 3. The van der Waals surface area contributed by atoms with E-state index >= 15 is 0 Å². The molecule has 1 saturated heterocycles. The molecule has 0 bridgehead atoms. The van der Waals surface area contributed by atoms with Crippen molar-refractivity contribution in [3.05, 3.63) is 27.7 Å². The fourth-order valence-electron chi connectivity index (χ4n) is 4.11. The van der Waals surface area contributed by atoms with Crippen LogP contribution in [0.3, 0.4) is 0 Å². The summed E-state index contributed by atoms with van der Waals surface area (Å²) in [5.74, 6) is 0.625. The molecule has 4 heteroatoms. The summed E-state index contributed by atoms with van der Waals surface area (Å²) in [6.07, 6.45) is 8.80. The van der Waals surface area contributed by atoms with E-state index in [9.17, 15) is 4.79 Å². The number of fused-ring (bicyclic) bond motifs is 1. The van der Waals surface area contributed by atoms with Crippen LogP contribution in [0.2, 0.25) is 0 Å². The van der Waals surface area contributed by atoms with Gasteiger partial charge in [0.25, 0.3) is 5.56 Å². The maximum atomic E-state index is 12.1. The molecular weight excluding hydrogens is 250 g/mol. The molecule has 1 saturated carbocycles. The Hall–Kier alpha value is -1.16. The van der Waals surface area contributed by atoms with E-state index in [0.717, 1.165) is 50.6 Å². The summed E-state index contributed by atoms with van der Waals surface area (Å²) in [5, 5.41) is 4.58. The van der Waals surface area contributed by atoms with E-state index in [-0.39, 0.29) is 5.56 Å². The lowest BCUT2D eigenvalue weighted by Crippen LogP contribution is -2.53. The van der Waals surface area contributed by atoms with E-state index in [0.29, 0.717) is 5.92 Å². The molecule has 20 heavy (non-hydrogen) atoms. The van der Waals surface area contributed by atoms with E-state index in [4.69, 9.17) is 0 Å². The molecule has 0 N–H and O–H groups in total. The molecule has 1 aromatic rings. The fourth-order valence-corrected chi connectivity index (χ4v) is 4.11.